The molecule has 2 heterocycles. The number of carbonyl (C=O) groups is 1. The van der Waals surface area contributed by atoms with Crippen LogP contribution >= 0.6 is 11.3 Å². The molecule has 2 aromatic heterocycles. The van der Waals surface area contributed by atoms with Gasteiger partial charge in [-0.2, -0.15) is 0 Å². The third-order valence-corrected chi connectivity index (χ3v) is 3.05. The lowest BCUT2D eigenvalue weighted by Gasteiger charge is -2.02. The molecule has 0 atom stereocenters. The maximum Gasteiger partial charge on any atom is 0.277 e. The SMILES string of the molecule is Cc1nc(C(=O)Nc2nccn2C)c(C)s1. The molecule has 0 spiro atoms. The van der Waals surface area contributed by atoms with E-state index >= 15 is 0 Å². The number of imidazole rings is 1. The Morgan fingerprint density at radius 1 is 1.50 bits per heavy atom. The number of hydrogen-bond donors (Lipinski definition) is 1. The van der Waals surface area contributed by atoms with E-state index in [-0.39, 0.29) is 5.91 Å². The molecule has 0 aromatic carbocycles. The Morgan fingerprint density at radius 2 is 2.25 bits per heavy atom. The van der Waals surface area contributed by atoms with Crippen LogP contribution < -0.4 is 5.32 Å². The molecule has 0 aliphatic heterocycles. The molecule has 0 saturated carbocycles. The minimum atomic E-state index is -0.212. The molecule has 0 unspecified atom stereocenters. The van der Waals surface area contributed by atoms with Crippen molar-refractivity contribution in [2.24, 2.45) is 7.05 Å². The van der Waals surface area contributed by atoms with Gasteiger partial charge in [-0.3, -0.25) is 10.1 Å². The van der Waals surface area contributed by atoms with Gasteiger partial charge in [-0.15, -0.1) is 11.3 Å². The fourth-order valence-corrected chi connectivity index (χ4v) is 2.20. The Balaban J connectivity index is 2.21. The van der Waals surface area contributed by atoms with E-state index in [0.29, 0.717) is 11.6 Å². The molecule has 1 N–H and O–H groups in total. The van der Waals surface area contributed by atoms with E-state index in [1.165, 1.54) is 11.3 Å². The van der Waals surface area contributed by atoms with E-state index in [0.717, 1.165) is 9.88 Å². The van der Waals surface area contributed by atoms with Crippen LogP contribution in [-0.4, -0.2) is 20.4 Å². The van der Waals surface area contributed by atoms with E-state index in [1.807, 2.05) is 20.9 Å². The van der Waals surface area contributed by atoms with Gasteiger partial charge in [0.25, 0.3) is 5.91 Å². The average molecular weight is 236 g/mol. The zero-order valence-corrected chi connectivity index (χ0v) is 10.1. The average Bonchev–Trinajstić information content (AvgIpc) is 2.74. The summed E-state index contributed by atoms with van der Waals surface area (Å²) in [4.78, 5) is 21.0. The van der Waals surface area contributed by atoms with E-state index in [1.54, 1.807) is 17.0 Å². The highest BCUT2D eigenvalue weighted by Crippen LogP contribution is 2.17. The molecule has 0 aliphatic rings. The van der Waals surface area contributed by atoms with Crippen molar-refractivity contribution in [1.82, 2.24) is 14.5 Å². The fraction of sp³-hybridized carbons (Fsp3) is 0.300. The largest absolute Gasteiger partial charge is 0.320 e. The molecule has 0 bridgehead atoms. The summed E-state index contributed by atoms with van der Waals surface area (Å²) in [5.41, 5.74) is 0.477. The van der Waals surface area contributed by atoms with Crippen molar-refractivity contribution in [1.29, 1.82) is 0 Å². The van der Waals surface area contributed by atoms with Gasteiger partial charge in [-0.05, 0) is 13.8 Å². The number of nitrogens with one attached hydrogen (secondary N) is 1. The number of aryl methyl sites for hydroxylation is 3. The second-order valence-electron chi connectivity index (χ2n) is 3.45. The van der Waals surface area contributed by atoms with Crippen molar-refractivity contribution >= 4 is 23.2 Å². The first-order chi connectivity index (χ1) is 7.58. The van der Waals surface area contributed by atoms with Crippen molar-refractivity contribution < 1.29 is 4.79 Å². The lowest BCUT2D eigenvalue weighted by molar-refractivity contribution is 0.102. The van der Waals surface area contributed by atoms with Crippen LogP contribution in [0.5, 0.6) is 0 Å². The number of rotatable bonds is 2. The molecule has 5 nitrogen and oxygen atoms in total. The summed E-state index contributed by atoms with van der Waals surface area (Å²) in [7, 11) is 1.82. The second-order valence-corrected chi connectivity index (χ2v) is 4.86. The van der Waals surface area contributed by atoms with Gasteiger partial charge in [0.2, 0.25) is 5.95 Å². The summed E-state index contributed by atoms with van der Waals surface area (Å²) in [5.74, 6) is 0.311. The Bertz CT molecular complexity index is 529. The first-order valence-corrected chi connectivity index (χ1v) is 5.62. The first kappa shape index (κ1) is 10.8. The number of anilines is 1. The third-order valence-electron chi connectivity index (χ3n) is 2.17. The minimum absolute atomic E-state index is 0.212. The lowest BCUT2D eigenvalue weighted by Crippen LogP contribution is -2.16. The van der Waals surface area contributed by atoms with Crippen LogP contribution in [0.4, 0.5) is 5.95 Å². The third kappa shape index (κ3) is 1.96. The van der Waals surface area contributed by atoms with Crippen LogP contribution in [0, 0.1) is 13.8 Å². The van der Waals surface area contributed by atoms with Gasteiger partial charge in [0.1, 0.15) is 5.69 Å². The Morgan fingerprint density at radius 3 is 2.75 bits per heavy atom. The van der Waals surface area contributed by atoms with Crippen LogP contribution in [-0.2, 0) is 7.05 Å². The number of aromatic nitrogens is 3. The summed E-state index contributed by atoms with van der Waals surface area (Å²) >= 11 is 1.52. The van der Waals surface area contributed by atoms with Crippen molar-refractivity contribution in [2.45, 2.75) is 13.8 Å². The summed E-state index contributed by atoms with van der Waals surface area (Å²) in [5, 5.41) is 3.61. The molecule has 2 rings (SSSR count). The van der Waals surface area contributed by atoms with Crippen molar-refractivity contribution in [3.05, 3.63) is 28.0 Å². The van der Waals surface area contributed by atoms with Crippen molar-refractivity contribution in [3.8, 4) is 0 Å². The maximum absolute atomic E-state index is 11.9. The number of amides is 1. The van der Waals surface area contributed by atoms with Crippen molar-refractivity contribution in [3.63, 3.8) is 0 Å². The number of nitrogens with zero attached hydrogens (tertiary/aromatic N) is 3. The molecular weight excluding hydrogens is 224 g/mol. The van der Waals surface area contributed by atoms with Gasteiger partial charge in [-0.1, -0.05) is 0 Å². The standard InChI is InChI=1S/C10H12N4OS/c1-6-8(12-7(2)16-6)9(15)13-10-11-4-5-14(10)3/h4-5H,1-3H3,(H,11,13,15). The normalized spacial score (nSPS) is 10.4. The van der Waals surface area contributed by atoms with Gasteiger partial charge in [0.15, 0.2) is 0 Å². The quantitative estimate of drug-likeness (QED) is 0.864. The summed E-state index contributed by atoms with van der Waals surface area (Å²) in [6, 6.07) is 0. The van der Waals surface area contributed by atoms with Crippen LogP contribution in [0.25, 0.3) is 0 Å². The molecule has 0 aliphatic carbocycles. The lowest BCUT2D eigenvalue weighted by atomic mass is 10.3. The zero-order valence-electron chi connectivity index (χ0n) is 9.31. The Hall–Kier alpha value is -1.69. The van der Waals surface area contributed by atoms with E-state index < -0.39 is 0 Å². The predicted octanol–water partition coefficient (Wildman–Crippen LogP) is 1.75. The molecule has 84 valence electrons. The van der Waals surface area contributed by atoms with Crippen LogP contribution in [0.1, 0.15) is 20.4 Å². The maximum atomic E-state index is 11.9. The number of carbonyl (C=O) groups excluding carboxylic acids is 1. The molecular formula is C10H12N4OS. The van der Waals surface area contributed by atoms with Crippen molar-refractivity contribution in [2.75, 3.05) is 5.32 Å². The van der Waals surface area contributed by atoms with Gasteiger partial charge in [-0.25, -0.2) is 9.97 Å². The van der Waals surface area contributed by atoms with E-state index in [9.17, 15) is 4.79 Å². The number of thiazole rings is 1. The topological polar surface area (TPSA) is 59.8 Å². The van der Waals surface area contributed by atoms with Gasteiger partial charge in [0, 0.05) is 24.3 Å². The highest BCUT2D eigenvalue weighted by molar-refractivity contribution is 7.11. The molecule has 6 heteroatoms. The van der Waals surface area contributed by atoms with Crippen LogP contribution in [0.3, 0.4) is 0 Å². The monoisotopic (exact) mass is 236 g/mol. The minimum Gasteiger partial charge on any atom is -0.320 e. The van der Waals surface area contributed by atoms with E-state index in [2.05, 4.69) is 15.3 Å². The van der Waals surface area contributed by atoms with Crippen LogP contribution in [0.15, 0.2) is 12.4 Å². The molecule has 2 aromatic rings. The molecule has 0 saturated heterocycles. The molecule has 16 heavy (non-hydrogen) atoms. The number of hydrogen-bond acceptors (Lipinski definition) is 4. The molecule has 0 fully saturated rings. The highest BCUT2D eigenvalue weighted by atomic mass is 32.1. The Labute approximate surface area is 97.2 Å². The summed E-state index contributed by atoms with van der Waals surface area (Å²) in [6.07, 6.45) is 3.41. The zero-order chi connectivity index (χ0) is 11.7. The highest BCUT2D eigenvalue weighted by Gasteiger charge is 2.15. The Kier molecular flexibility index (Phi) is 2.74. The molecule has 1 amide bonds. The summed E-state index contributed by atoms with van der Waals surface area (Å²) in [6.45, 7) is 3.77. The van der Waals surface area contributed by atoms with Gasteiger partial charge < -0.3 is 4.57 Å². The van der Waals surface area contributed by atoms with E-state index in [4.69, 9.17) is 0 Å². The second kappa shape index (κ2) is 4.05. The van der Waals surface area contributed by atoms with Gasteiger partial charge in [0.05, 0.1) is 5.01 Å². The molecule has 0 radical (unpaired) electrons. The first-order valence-electron chi connectivity index (χ1n) is 4.80. The predicted molar refractivity (Wildman–Crippen MR) is 62.7 cm³/mol. The fourth-order valence-electron chi connectivity index (χ4n) is 1.39. The van der Waals surface area contributed by atoms with Gasteiger partial charge >= 0.3 is 0 Å². The van der Waals surface area contributed by atoms with Crippen LogP contribution in [0.2, 0.25) is 0 Å². The smallest absolute Gasteiger partial charge is 0.277 e. The summed E-state index contributed by atoms with van der Waals surface area (Å²) < 4.78 is 1.74.